The van der Waals surface area contributed by atoms with E-state index in [4.69, 9.17) is 10.5 Å². The third kappa shape index (κ3) is 4.13. The Balaban J connectivity index is 2.79. The third-order valence-corrected chi connectivity index (χ3v) is 2.92. The van der Waals surface area contributed by atoms with Crippen LogP contribution < -0.4 is 15.8 Å². The summed E-state index contributed by atoms with van der Waals surface area (Å²) in [4.78, 5) is 12.1. The second-order valence-corrected chi connectivity index (χ2v) is 4.85. The van der Waals surface area contributed by atoms with Gasteiger partial charge in [0.05, 0.1) is 12.7 Å². The molecule has 0 fully saturated rings. The number of ether oxygens (including phenoxy) is 1. The lowest BCUT2D eigenvalue weighted by molar-refractivity contribution is 0.0469. The van der Waals surface area contributed by atoms with Crippen LogP contribution in [-0.4, -0.2) is 30.3 Å². The highest BCUT2D eigenvalue weighted by Gasteiger charge is 2.22. The van der Waals surface area contributed by atoms with Gasteiger partial charge in [-0.3, -0.25) is 4.79 Å². The molecule has 1 rings (SSSR count). The molecule has 0 aromatic heterocycles. The Morgan fingerprint density at radius 3 is 2.79 bits per heavy atom. The molecule has 5 heteroatoms. The fraction of sp³-hybridized carbons (Fsp3) is 0.500. The monoisotopic (exact) mass is 266 g/mol. The van der Waals surface area contributed by atoms with E-state index in [1.807, 2.05) is 6.92 Å². The first-order valence-corrected chi connectivity index (χ1v) is 6.34. The first kappa shape index (κ1) is 15.3. The summed E-state index contributed by atoms with van der Waals surface area (Å²) in [5.41, 5.74) is 5.53. The molecule has 1 unspecified atom stereocenters. The van der Waals surface area contributed by atoms with Crippen molar-refractivity contribution >= 4 is 11.6 Å². The highest BCUT2D eigenvalue weighted by molar-refractivity contribution is 6.01. The van der Waals surface area contributed by atoms with Crippen LogP contribution in [0.3, 0.4) is 0 Å². The zero-order valence-corrected chi connectivity index (χ0v) is 11.7. The molecule has 4 N–H and O–H groups in total. The number of nitrogens with two attached hydrogens (primary N) is 1. The molecule has 5 nitrogen and oxygen atoms in total. The number of methoxy groups -OCH3 is 1. The molecule has 0 saturated heterocycles. The fourth-order valence-electron chi connectivity index (χ4n) is 1.95. The maximum Gasteiger partial charge on any atom is 0.257 e. The van der Waals surface area contributed by atoms with Crippen LogP contribution in [0.25, 0.3) is 0 Å². The van der Waals surface area contributed by atoms with Gasteiger partial charge in [-0.2, -0.15) is 0 Å². The molecule has 19 heavy (non-hydrogen) atoms. The van der Waals surface area contributed by atoms with E-state index in [-0.39, 0.29) is 12.5 Å². The summed E-state index contributed by atoms with van der Waals surface area (Å²) in [6, 6.07) is 5.04. The Morgan fingerprint density at radius 1 is 1.53 bits per heavy atom. The van der Waals surface area contributed by atoms with E-state index in [2.05, 4.69) is 5.32 Å². The average Bonchev–Trinajstić information content (AvgIpc) is 2.35. The number of nitrogen functional groups attached to an aromatic ring is 1. The van der Waals surface area contributed by atoms with Crippen molar-refractivity contribution in [3.8, 4) is 5.75 Å². The molecule has 0 bridgehead atoms. The van der Waals surface area contributed by atoms with E-state index < -0.39 is 5.60 Å². The van der Waals surface area contributed by atoms with Gasteiger partial charge in [0.25, 0.3) is 5.91 Å². The molecule has 0 spiro atoms. The standard InChI is InChI=1S/C14H22N2O3/c1-4-8-14(2,18)9-16-13(17)12-10(15)6-5-7-11(12)19-3/h5-7,18H,4,8-9,15H2,1-3H3,(H,16,17). The lowest BCUT2D eigenvalue weighted by Crippen LogP contribution is -2.40. The van der Waals surface area contributed by atoms with Gasteiger partial charge in [0.1, 0.15) is 11.3 Å². The van der Waals surface area contributed by atoms with Gasteiger partial charge < -0.3 is 20.9 Å². The first-order chi connectivity index (χ1) is 8.91. The van der Waals surface area contributed by atoms with Gasteiger partial charge in [0, 0.05) is 12.2 Å². The molecular formula is C14H22N2O3. The summed E-state index contributed by atoms with van der Waals surface area (Å²) in [5.74, 6) is 0.0824. The molecule has 0 radical (unpaired) electrons. The topological polar surface area (TPSA) is 84.6 Å². The summed E-state index contributed by atoms with van der Waals surface area (Å²) in [7, 11) is 1.48. The molecule has 106 valence electrons. The maximum atomic E-state index is 12.1. The van der Waals surface area contributed by atoms with Gasteiger partial charge in [-0.05, 0) is 25.5 Å². The minimum Gasteiger partial charge on any atom is -0.496 e. The number of aliphatic hydroxyl groups is 1. The highest BCUT2D eigenvalue weighted by Crippen LogP contribution is 2.24. The minimum atomic E-state index is -0.915. The summed E-state index contributed by atoms with van der Waals surface area (Å²) in [5, 5.41) is 12.7. The van der Waals surface area contributed by atoms with Crippen molar-refractivity contribution in [2.24, 2.45) is 0 Å². The van der Waals surface area contributed by atoms with E-state index in [1.165, 1.54) is 7.11 Å². The van der Waals surface area contributed by atoms with Gasteiger partial charge >= 0.3 is 0 Å². The van der Waals surface area contributed by atoms with Crippen molar-refractivity contribution in [3.05, 3.63) is 23.8 Å². The van der Waals surface area contributed by atoms with Gasteiger partial charge in [-0.25, -0.2) is 0 Å². The zero-order chi connectivity index (χ0) is 14.5. The van der Waals surface area contributed by atoms with Crippen molar-refractivity contribution < 1.29 is 14.6 Å². The number of hydrogen-bond acceptors (Lipinski definition) is 4. The molecular weight excluding hydrogens is 244 g/mol. The summed E-state index contributed by atoms with van der Waals surface area (Å²) in [6.45, 7) is 3.86. The predicted molar refractivity (Wildman–Crippen MR) is 75.3 cm³/mol. The Kier molecular flexibility index (Phi) is 5.18. The SMILES string of the molecule is CCCC(C)(O)CNC(=O)c1c(N)cccc1OC. The zero-order valence-electron chi connectivity index (χ0n) is 11.7. The van der Waals surface area contributed by atoms with E-state index in [1.54, 1.807) is 25.1 Å². The van der Waals surface area contributed by atoms with Gasteiger partial charge in [0.15, 0.2) is 0 Å². The van der Waals surface area contributed by atoms with Crippen molar-refractivity contribution in [1.82, 2.24) is 5.32 Å². The molecule has 1 aromatic carbocycles. The number of amides is 1. The molecule has 1 amide bonds. The number of anilines is 1. The Bertz CT molecular complexity index is 444. The second-order valence-electron chi connectivity index (χ2n) is 4.85. The maximum absolute atomic E-state index is 12.1. The minimum absolute atomic E-state index is 0.178. The first-order valence-electron chi connectivity index (χ1n) is 6.34. The van der Waals surface area contributed by atoms with Gasteiger partial charge in [-0.15, -0.1) is 0 Å². The number of nitrogens with one attached hydrogen (secondary N) is 1. The predicted octanol–water partition coefficient (Wildman–Crippen LogP) is 1.56. The fourth-order valence-corrected chi connectivity index (χ4v) is 1.95. The van der Waals surface area contributed by atoms with E-state index in [0.29, 0.717) is 23.4 Å². The van der Waals surface area contributed by atoms with Gasteiger partial charge in [-0.1, -0.05) is 19.4 Å². The third-order valence-electron chi connectivity index (χ3n) is 2.92. The average molecular weight is 266 g/mol. The van der Waals surface area contributed by atoms with Crippen LogP contribution >= 0.6 is 0 Å². The van der Waals surface area contributed by atoms with E-state index in [0.717, 1.165) is 6.42 Å². The van der Waals surface area contributed by atoms with Crippen molar-refractivity contribution in [1.29, 1.82) is 0 Å². The largest absolute Gasteiger partial charge is 0.496 e. The number of rotatable bonds is 6. The van der Waals surface area contributed by atoms with Crippen LogP contribution in [0, 0.1) is 0 Å². The van der Waals surface area contributed by atoms with Crippen LogP contribution in [0.2, 0.25) is 0 Å². The Morgan fingerprint density at radius 2 is 2.21 bits per heavy atom. The van der Waals surface area contributed by atoms with Crippen molar-refractivity contribution in [2.45, 2.75) is 32.3 Å². The smallest absolute Gasteiger partial charge is 0.257 e. The summed E-state index contributed by atoms with van der Waals surface area (Å²) in [6.07, 6.45) is 1.47. The molecule has 1 aromatic rings. The molecule has 0 aliphatic rings. The quantitative estimate of drug-likeness (QED) is 0.682. The summed E-state index contributed by atoms with van der Waals surface area (Å²) < 4.78 is 5.12. The Hall–Kier alpha value is -1.75. The number of benzene rings is 1. The highest BCUT2D eigenvalue weighted by atomic mass is 16.5. The van der Waals surface area contributed by atoms with Crippen molar-refractivity contribution in [3.63, 3.8) is 0 Å². The van der Waals surface area contributed by atoms with Crippen LogP contribution in [0.4, 0.5) is 5.69 Å². The molecule has 0 aliphatic carbocycles. The molecule has 0 saturated carbocycles. The normalized spacial score (nSPS) is 13.7. The summed E-state index contributed by atoms with van der Waals surface area (Å²) >= 11 is 0. The van der Waals surface area contributed by atoms with Crippen molar-refractivity contribution in [2.75, 3.05) is 19.4 Å². The van der Waals surface area contributed by atoms with Crippen LogP contribution in [0.15, 0.2) is 18.2 Å². The van der Waals surface area contributed by atoms with E-state index in [9.17, 15) is 9.90 Å². The van der Waals surface area contributed by atoms with E-state index >= 15 is 0 Å². The molecule has 0 heterocycles. The lowest BCUT2D eigenvalue weighted by atomic mass is 10.0. The number of carbonyl (C=O) groups excluding carboxylic acids is 1. The Labute approximate surface area is 113 Å². The molecule has 0 aliphatic heterocycles. The van der Waals surface area contributed by atoms with Gasteiger partial charge in [0.2, 0.25) is 0 Å². The van der Waals surface area contributed by atoms with Crippen LogP contribution in [-0.2, 0) is 0 Å². The number of carbonyl (C=O) groups is 1. The number of hydrogen-bond donors (Lipinski definition) is 3. The van der Waals surface area contributed by atoms with Crippen LogP contribution in [0.5, 0.6) is 5.75 Å². The second kappa shape index (κ2) is 6.43. The molecule has 1 atom stereocenters. The van der Waals surface area contributed by atoms with Crippen LogP contribution in [0.1, 0.15) is 37.0 Å². The lowest BCUT2D eigenvalue weighted by Gasteiger charge is -2.23.